The zero-order chi connectivity index (χ0) is 13.2. The Labute approximate surface area is 115 Å². The normalized spacial score (nSPS) is 26.0. The van der Waals surface area contributed by atoms with Gasteiger partial charge in [0.1, 0.15) is 0 Å². The van der Waals surface area contributed by atoms with Crippen LogP contribution in [0.3, 0.4) is 0 Å². The van der Waals surface area contributed by atoms with Gasteiger partial charge in [-0.15, -0.1) is 0 Å². The van der Waals surface area contributed by atoms with Gasteiger partial charge in [-0.05, 0) is 43.0 Å². The molecule has 0 bridgehead atoms. The van der Waals surface area contributed by atoms with Crippen molar-refractivity contribution in [3.8, 4) is 11.5 Å². The van der Waals surface area contributed by atoms with E-state index in [1.807, 2.05) is 0 Å². The first-order valence-corrected chi connectivity index (χ1v) is 7.45. The van der Waals surface area contributed by atoms with Crippen LogP contribution >= 0.6 is 0 Å². The highest BCUT2D eigenvalue weighted by Gasteiger charge is 2.31. The van der Waals surface area contributed by atoms with E-state index in [1.54, 1.807) is 0 Å². The van der Waals surface area contributed by atoms with Gasteiger partial charge in [-0.1, -0.05) is 26.3 Å². The van der Waals surface area contributed by atoms with E-state index >= 15 is 0 Å². The summed E-state index contributed by atoms with van der Waals surface area (Å²) in [5.41, 5.74) is 1.40. The molecule has 2 unspecified atom stereocenters. The van der Waals surface area contributed by atoms with Crippen LogP contribution in [0, 0.1) is 0 Å². The molecule has 1 aromatic carbocycles. The largest absolute Gasteiger partial charge is 0.454 e. The maximum Gasteiger partial charge on any atom is 0.231 e. The molecule has 0 spiro atoms. The second-order valence-corrected chi connectivity index (χ2v) is 5.58. The molecule has 0 N–H and O–H groups in total. The van der Waals surface area contributed by atoms with E-state index in [0.717, 1.165) is 24.1 Å². The standard InChI is InChI=1S/C16H23NO2/c1-3-5-14-8-13(10-17(14)4-2)12-6-7-15-16(9-12)19-11-18-15/h6-7,9,13-14H,3-5,8,10-11H2,1-2H3. The molecule has 2 heterocycles. The lowest BCUT2D eigenvalue weighted by Crippen LogP contribution is -2.28. The fourth-order valence-electron chi connectivity index (χ4n) is 3.41. The van der Waals surface area contributed by atoms with Crippen molar-refractivity contribution in [1.82, 2.24) is 4.90 Å². The lowest BCUT2D eigenvalue weighted by atomic mass is 9.95. The van der Waals surface area contributed by atoms with Crippen LogP contribution in [0.25, 0.3) is 0 Å². The fourth-order valence-corrected chi connectivity index (χ4v) is 3.41. The first-order chi connectivity index (χ1) is 9.31. The van der Waals surface area contributed by atoms with Crippen molar-refractivity contribution in [2.45, 2.75) is 45.1 Å². The minimum atomic E-state index is 0.364. The molecule has 0 aliphatic carbocycles. The number of rotatable bonds is 4. The summed E-state index contributed by atoms with van der Waals surface area (Å²) in [6.07, 6.45) is 3.87. The molecule has 2 aliphatic heterocycles. The molecular weight excluding hydrogens is 238 g/mol. The Kier molecular flexibility index (Phi) is 3.65. The van der Waals surface area contributed by atoms with Crippen LogP contribution in [0.1, 0.15) is 44.6 Å². The lowest BCUT2D eigenvalue weighted by Gasteiger charge is -2.21. The zero-order valence-electron chi connectivity index (χ0n) is 11.9. The van der Waals surface area contributed by atoms with Crippen LogP contribution in [-0.2, 0) is 0 Å². The molecule has 3 nitrogen and oxygen atoms in total. The van der Waals surface area contributed by atoms with E-state index in [-0.39, 0.29) is 0 Å². The summed E-state index contributed by atoms with van der Waals surface area (Å²) in [7, 11) is 0. The Hall–Kier alpha value is -1.22. The number of benzene rings is 1. The molecule has 19 heavy (non-hydrogen) atoms. The number of hydrogen-bond acceptors (Lipinski definition) is 3. The molecule has 3 heteroatoms. The van der Waals surface area contributed by atoms with Crippen LogP contribution in [0.5, 0.6) is 11.5 Å². The van der Waals surface area contributed by atoms with E-state index in [1.165, 1.54) is 31.4 Å². The Morgan fingerprint density at radius 3 is 2.84 bits per heavy atom. The quantitative estimate of drug-likeness (QED) is 0.829. The number of likely N-dealkylation sites (tertiary alicyclic amines) is 1. The summed E-state index contributed by atoms with van der Waals surface area (Å²) in [6.45, 7) is 7.25. The molecule has 1 saturated heterocycles. The smallest absolute Gasteiger partial charge is 0.231 e. The molecule has 0 radical (unpaired) electrons. The van der Waals surface area contributed by atoms with Gasteiger partial charge < -0.3 is 14.4 Å². The van der Waals surface area contributed by atoms with Gasteiger partial charge in [-0.2, -0.15) is 0 Å². The number of hydrogen-bond donors (Lipinski definition) is 0. The maximum atomic E-state index is 5.49. The molecule has 2 aliphatic rings. The second kappa shape index (κ2) is 5.41. The number of fused-ring (bicyclic) bond motifs is 1. The van der Waals surface area contributed by atoms with E-state index in [9.17, 15) is 0 Å². The SMILES string of the molecule is CCCC1CC(c2ccc3c(c2)OCO3)CN1CC. The summed E-state index contributed by atoms with van der Waals surface area (Å²) in [5.74, 6) is 2.45. The van der Waals surface area contributed by atoms with E-state index in [0.29, 0.717) is 12.7 Å². The highest BCUT2D eigenvalue weighted by atomic mass is 16.7. The van der Waals surface area contributed by atoms with Crippen LogP contribution in [-0.4, -0.2) is 30.8 Å². The summed E-state index contributed by atoms with van der Waals surface area (Å²) in [4.78, 5) is 2.62. The monoisotopic (exact) mass is 261 g/mol. The lowest BCUT2D eigenvalue weighted by molar-refractivity contribution is 0.174. The molecule has 104 valence electrons. The molecule has 0 saturated carbocycles. The number of ether oxygens (including phenoxy) is 2. The van der Waals surface area contributed by atoms with Gasteiger partial charge in [-0.25, -0.2) is 0 Å². The molecule has 0 aromatic heterocycles. The summed E-state index contributed by atoms with van der Waals surface area (Å²) < 4.78 is 10.9. The van der Waals surface area contributed by atoms with Crippen molar-refractivity contribution in [3.05, 3.63) is 23.8 Å². The summed E-state index contributed by atoms with van der Waals surface area (Å²) >= 11 is 0. The minimum absolute atomic E-state index is 0.364. The average Bonchev–Trinajstić information content (AvgIpc) is 3.04. The number of nitrogens with zero attached hydrogens (tertiary/aromatic N) is 1. The zero-order valence-corrected chi connectivity index (χ0v) is 11.9. The van der Waals surface area contributed by atoms with Crippen LogP contribution in [0.2, 0.25) is 0 Å². The van der Waals surface area contributed by atoms with Crippen molar-refractivity contribution >= 4 is 0 Å². The van der Waals surface area contributed by atoms with Gasteiger partial charge >= 0.3 is 0 Å². The van der Waals surface area contributed by atoms with Crippen LogP contribution in [0.4, 0.5) is 0 Å². The first kappa shape index (κ1) is 12.8. The maximum absolute atomic E-state index is 5.49. The van der Waals surface area contributed by atoms with E-state index in [4.69, 9.17) is 9.47 Å². The third-order valence-electron chi connectivity index (χ3n) is 4.42. The minimum Gasteiger partial charge on any atom is -0.454 e. The predicted octanol–water partition coefficient (Wildman–Crippen LogP) is 3.39. The van der Waals surface area contributed by atoms with Gasteiger partial charge in [0.2, 0.25) is 6.79 Å². The van der Waals surface area contributed by atoms with Crippen molar-refractivity contribution < 1.29 is 9.47 Å². The van der Waals surface area contributed by atoms with Crippen molar-refractivity contribution in [2.75, 3.05) is 19.9 Å². The van der Waals surface area contributed by atoms with Crippen molar-refractivity contribution in [1.29, 1.82) is 0 Å². The molecule has 2 atom stereocenters. The van der Waals surface area contributed by atoms with Gasteiger partial charge in [0.05, 0.1) is 0 Å². The molecule has 3 rings (SSSR count). The highest BCUT2D eigenvalue weighted by Crippen LogP contribution is 2.39. The van der Waals surface area contributed by atoms with Crippen molar-refractivity contribution in [2.24, 2.45) is 0 Å². The number of likely N-dealkylation sites (N-methyl/N-ethyl adjacent to an activating group) is 1. The predicted molar refractivity (Wildman–Crippen MR) is 75.9 cm³/mol. The molecule has 1 fully saturated rings. The van der Waals surface area contributed by atoms with Crippen molar-refractivity contribution in [3.63, 3.8) is 0 Å². The van der Waals surface area contributed by atoms with Gasteiger partial charge in [0.25, 0.3) is 0 Å². The molecular formula is C16H23NO2. The average molecular weight is 261 g/mol. The topological polar surface area (TPSA) is 21.7 Å². The summed E-state index contributed by atoms with van der Waals surface area (Å²) in [6, 6.07) is 7.20. The van der Waals surface area contributed by atoms with Gasteiger partial charge in [0.15, 0.2) is 11.5 Å². The first-order valence-electron chi connectivity index (χ1n) is 7.45. The van der Waals surface area contributed by atoms with Crippen LogP contribution < -0.4 is 9.47 Å². The van der Waals surface area contributed by atoms with Crippen LogP contribution in [0.15, 0.2) is 18.2 Å². The van der Waals surface area contributed by atoms with E-state index < -0.39 is 0 Å². The molecule has 1 aromatic rings. The summed E-state index contributed by atoms with van der Waals surface area (Å²) in [5, 5.41) is 0. The fraction of sp³-hybridized carbons (Fsp3) is 0.625. The Morgan fingerprint density at radius 1 is 1.21 bits per heavy atom. The Bertz CT molecular complexity index is 446. The Balaban J connectivity index is 1.76. The third-order valence-corrected chi connectivity index (χ3v) is 4.42. The van der Waals surface area contributed by atoms with Gasteiger partial charge in [0, 0.05) is 12.6 Å². The third kappa shape index (κ3) is 2.44. The highest BCUT2D eigenvalue weighted by molar-refractivity contribution is 5.45. The second-order valence-electron chi connectivity index (χ2n) is 5.58. The Morgan fingerprint density at radius 2 is 2.05 bits per heavy atom. The molecule has 0 amide bonds. The van der Waals surface area contributed by atoms with Gasteiger partial charge in [-0.3, -0.25) is 0 Å². The van der Waals surface area contributed by atoms with E-state index in [2.05, 4.69) is 36.9 Å².